The van der Waals surface area contributed by atoms with Gasteiger partial charge in [0.2, 0.25) is 0 Å². The van der Waals surface area contributed by atoms with Gasteiger partial charge in [0.15, 0.2) is 5.82 Å². The van der Waals surface area contributed by atoms with Crippen LogP contribution in [0.5, 0.6) is 0 Å². The van der Waals surface area contributed by atoms with Crippen molar-refractivity contribution in [3.05, 3.63) is 188 Å². The Morgan fingerprint density at radius 2 is 1.09 bits per heavy atom. The van der Waals surface area contributed by atoms with Crippen molar-refractivity contribution in [2.45, 2.75) is 0 Å². The first kappa shape index (κ1) is 30.9. The average molecular weight is 714 g/mol. The van der Waals surface area contributed by atoms with Crippen LogP contribution in [0.15, 0.2) is 192 Å². The van der Waals surface area contributed by atoms with Crippen molar-refractivity contribution in [3.63, 3.8) is 0 Å². The fraction of sp³-hybridized carbons (Fsp3) is 0. The number of furan rings is 1. The van der Waals surface area contributed by atoms with E-state index in [0.717, 1.165) is 66.5 Å². The predicted molar refractivity (Wildman–Crippen MR) is 232 cm³/mol. The lowest BCUT2D eigenvalue weighted by atomic mass is 9.97. The van der Waals surface area contributed by atoms with E-state index in [1.165, 1.54) is 43.4 Å². The molecule has 0 amide bonds. The summed E-state index contributed by atoms with van der Waals surface area (Å²) in [6.45, 7) is 0. The quantitative estimate of drug-likeness (QED) is 0.171. The molecule has 4 heteroatoms. The maximum Gasteiger partial charge on any atom is 0.161 e. The number of hydrogen-bond acceptors (Lipinski definition) is 3. The molecule has 0 aliphatic carbocycles. The fourth-order valence-corrected chi connectivity index (χ4v) is 8.78. The molecule has 12 aromatic rings. The second kappa shape index (κ2) is 12.0. The van der Waals surface area contributed by atoms with Crippen LogP contribution in [0.1, 0.15) is 0 Å². The second-order valence-corrected chi connectivity index (χ2v) is 14.5. The van der Waals surface area contributed by atoms with E-state index in [0.29, 0.717) is 5.82 Å². The highest BCUT2D eigenvalue weighted by atomic mass is 16.3. The topological polar surface area (TPSA) is 43.9 Å². The minimum atomic E-state index is 0.672. The van der Waals surface area contributed by atoms with Gasteiger partial charge in [-0.15, -0.1) is 0 Å². The van der Waals surface area contributed by atoms with Gasteiger partial charge in [-0.2, -0.15) is 0 Å². The van der Waals surface area contributed by atoms with Crippen molar-refractivity contribution >= 4 is 76.2 Å². The maximum absolute atomic E-state index is 6.51. The van der Waals surface area contributed by atoms with Crippen molar-refractivity contribution in [3.8, 4) is 39.5 Å². The summed E-state index contributed by atoms with van der Waals surface area (Å²) in [4.78, 5) is 10.6. The molecule has 0 fully saturated rings. The standard InChI is InChI=1S/C52H31N3O/c1-2-12-37(13-3-1)55-46-19-9-7-15-40(46)43-30-33(24-27-47(43)55)34-25-28-48-44(31-34)50-42(17-10-20-49(50)56-48)52-53-45-18-8-6-16-41(45)51(54-52)36-23-26-39-35(29-36)22-21-32-11-4-5-14-38(32)39/h1-31H. The molecule has 3 aromatic heterocycles. The number of aromatic nitrogens is 3. The zero-order chi connectivity index (χ0) is 36.7. The molecule has 0 spiro atoms. The molecule has 0 saturated heterocycles. The smallest absolute Gasteiger partial charge is 0.161 e. The normalized spacial score (nSPS) is 11.9. The van der Waals surface area contributed by atoms with Crippen LogP contribution >= 0.6 is 0 Å². The van der Waals surface area contributed by atoms with E-state index >= 15 is 0 Å². The molecule has 0 aliphatic heterocycles. The van der Waals surface area contributed by atoms with Crippen LogP contribution in [0.3, 0.4) is 0 Å². The molecule has 0 atom stereocenters. The minimum absolute atomic E-state index is 0.672. The van der Waals surface area contributed by atoms with Crippen LogP contribution in [0.4, 0.5) is 0 Å². The Kier molecular flexibility index (Phi) is 6.60. The van der Waals surface area contributed by atoms with E-state index in [1.807, 2.05) is 18.2 Å². The second-order valence-electron chi connectivity index (χ2n) is 14.5. The Labute approximate surface area is 321 Å². The molecule has 4 nitrogen and oxygen atoms in total. The van der Waals surface area contributed by atoms with Gasteiger partial charge in [0.1, 0.15) is 11.2 Å². The largest absolute Gasteiger partial charge is 0.456 e. The van der Waals surface area contributed by atoms with E-state index in [4.69, 9.17) is 14.4 Å². The highest BCUT2D eigenvalue weighted by Gasteiger charge is 2.19. The first-order valence-electron chi connectivity index (χ1n) is 19.0. The Morgan fingerprint density at radius 1 is 0.393 bits per heavy atom. The summed E-state index contributed by atoms with van der Waals surface area (Å²) < 4.78 is 8.86. The van der Waals surface area contributed by atoms with Crippen LogP contribution in [0, 0.1) is 0 Å². The summed E-state index contributed by atoms with van der Waals surface area (Å²) >= 11 is 0. The Balaban J connectivity index is 1.03. The monoisotopic (exact) mass is 713 g/mol. The molecule has 3 heterocycles. The SMILES string of the molecule is c1ccc(-n2c3ccccc3c3cc(-c4ccc5oc6cccc(-c7nc(-c8ccc9c(ccc%10ccccc%109)c8)c8ccccc8n7)c6c5c4)ccc32)cc1. The summed E-state index contributed by atoms with van der Waals surface area (Å²) in [5.41, 5.74) is 11.3. The summed E-state index contributed by atoms with van der Waals surface area (Å²) in [6.07, 6.45) is 0. The van der Waals surface area contributed by atoms with Gasteiger partial charge in [0.25, 0.3) is 0 Å². The lowest BCUT2D eigenvalue weighted by molar-refractivity contribution is 0.669. The lowest BCUT2D eigenvalue weighted by Gasteiger charge is -2.12. The first-order chi connectivity index (χ1) is 27.7. The van der Waals surface area contributed by atoms with Gasteiger partial charge >= 0.3 is 0 Å². The van der Waals surface area contributed by atoms with Crippen molar-refractivity contribution in [1.82, 2.24) is 14.5 Å². The van der Waals surface area contributed by atoms with Crippen LogP contribution in [-0.2, 0) is 0 Å². The van der Waals surface area contributed by atoms with E-state index < -0.39 is 0 Å². The lowest BCUT2D eigenvalue weighted by Crippen LogP contribution is -1.95. The highest BCUT2D eigenvalue weighted by molar-refractivity contribution is 6.15. The van der Waals surface area contributed by atoms with E-state index in [1.54, 1.807) is 0 Å². The Morgan fingerprint density at radius 3 is 2.00 bits per heavy atom. The zero-order valence-corrected chi connectivity index (χ0v) is 30.1. The van der Waals surface area contributed by atoms with E-state index in [2.05, 4.69) is 174 Å². The Hall–Kier alpha value is -7.56. The van der Waals surface area contributed by atoms with Gasteiger partial charge in [-0.25, -0.2) is 9.97 Å². The van der Waals surface area contributed by atoms with Crippen LogP contribution < -0.4 is 0 Å². The molecule has 0 saturated carbocycles. The van der Waals surface area contributed by atoms with Crippen molar-refractivity contribution in [2.24, 2.45) is 0 Å². The van der Waals surface area contributed by atoms with E-state index in [9.17, 15) is 0 Å². The van der Waals surface area contributed by atoms with Gasteiger partial charge < -0.3 is 8.98 Å². The summed E-state index contributed by atoms with van der Waals surface area (Å²) in [5, 5.41) is 10.4. The van der Waals surface area contributed by atoms with Gasteiger partial charge in [-0.1, -0.05) is 127 Å². The fourth-order valence-electron chi connectivity index (χ4n) is 8.78. The third-order valence-corrected chi connectivity index (χ3v) is 11.4. The van der Waals surface area contributed by atoms with Gasteiger partial charge in [-0.3, -0.25) is 0 Å². The number of nitrogens with zero attached hydrogens (tertiary/aromatic N) is 3. The van der Waals surface area contributed by atoms with Gasteiger partial charge in [0.05, 0.1) is 22.2 Å². The van der Waals surface area contributed by atoms with Crippen LogP contribution in [0.2, 0.25) is 0 Å². The molecule has 260 valence electrons. The van der Waals surface area contributed by atoms with Crippen molar-refractivity contribution < 1.29 is 4.42 Å². The highest BCUT2D eigenvalue weighted by Crippen LogP contribution is 2.41. The predicted octanol–water partition coefficient (Wildman–Crippen LogP) is 13.9. The summed E-state index contributed by atoms with van der Waals surface area (Å²) in [7, 11) is 0. The number of rotatable bonds is 4. The Bertz CT molecular complexity index is 3540. The molecule has 0 aliphatic rings. The molecule has 12 rings (SSSR count). The van der Waals surface area contributed by atoms with Gasteiger partial charge in [-0.05, 0) is 93.3 Å². The molecule has 0 N–H and O–H groups in total. The third-order valence-electron chi connectivity index (χ3n) is 11.4. The van der Waals surface area contributed by atoms with Gasteiger partial charge in [0, 0.05) is 43.7 Å². The zero-order valence-electron chi connectivity index (χ0n) is 30.1. The van der Waals surface area contributed by atoms with Crippen LogP contribution in [0.25, 0.3) is 116 Å². The van der Waals surface area contributed by atoms with E-state index in [-0.39, 0.29) is 0 Å². The van der Waals surface area contributed by atoms with Crippen LogP contribution in [-0.4, -0.2) is 14.5 Å². The number of fused-ring (bicyclic) bond motifs is 10. The number of benzene rings is 9. The average Bonchev–Trinajstić information content (AvgIpc) is 3.81. The molecule has 0 radical (unpaired) electrons. The van der Waals surface area contributed by atoms with Crippen molar-refractivity contribution in [1.29, 1.82) is 0 Å². The molecular formula is C52H31N3O. The molecule has 0 bridgehead atoms. The summed E-state index contributed by atoms with van der Waals surface area (Å²) in [5.74, 6) is 0.672. The molecule has 56 heavy (non-hydrogen) atoms. The first-order valence-corrected chi connectivity index (χ1v) is 19.0. The van der Waals surface area contributed by atoms with Crippen molar-refractivity contribution in [2.75, 3.05) is 0 Å². The number of hydrogen-bond donors (Lipinski definition) is 0. The molecule has 9 aromatic carbocycles. The summed E-state index contributed by atoms with van der Waals surface area (Å²) in [6, 6.07) is 66.7. The molecular weight excluding hydrogens is 683 g/mol. The molecule has 0 unspecified atom stereocenters. The minimum Gasteiger partial charge on any atom is -0.456 e. The third kappa shape index (κ3) is 4.66. The maximum atomic E-state index is 6.51. The number of para-hydroxylation sites is 3.